The molecular weight excluding hydrogens is 192 g/mol. The van der Waals surface area contributed by atoms with Crippen LogP contribution in [-0.2, 0) is 4.79 Å². The number of aliphatic hydroxyl groups excluding tert-OH is 1. The van der Waals surface area contributed by atoms with Crippen LogP contribution in [0.15, 0.2) is 24.3 Å². The summed E-state index contributed by atoms with van der Waals surface area (Å²) in [6, 6.07) is 7.76. The largest absolute Gasteiger partial charge is 0.481 e. The molecule has 0 bridgehead atoms. The van der Waals surface area contributed by atoms with Crippen LogP contribution in [0.5, 0.6) is 0 Å². The highest BCUT2D eigenvalue weighted by Crippen LogP contribution is 2.23. The lowest BCUT2D eigenvalue weighted by atomic mass is 9.92. The summed E-state index contributed by atoms with van der Waals surface area (Å²) in [7, 11) is 0. The van der Waals surface area contributed by atoms with Gasteiger partial charge in [-0.2, -0.15) is 0 Å². The first-order valence-electron chi connectivity index (χ1n) is 5.03. The third-order valence-corrected chi connectivity index (χ3v) is 2.56. The van der Waals surface area contributed by atoms with Crippen molar-refractivity contribution in [1.82, 2.24) is 0 Å². The highest BCUT2D eigenvalue weighted by atomic mass is 16.4. The summed E-state index contributed by atoms with van der Waals surface area (Å²) < 4.78 is 0. The molecule has 0 aromatic heterocycles. The molecule has 1 rings (SSSR count). The lowest BCUT2D eigenvalue weighted by Gasteiger charge is -2.15. The molecule has 0 spiro atoms. The predicted molar refractivity (Wildman–Crippen MR) is 57.9 cm³/mol. The summed E-state index contributed by atoms with van der Waals surface area (Å²) >= 11 is 0. The van der Waals surface area contributed by atoms with Crippen LogP contribution in [0.4, 0.5) is 0 Å². The number of benzene rings is 1. The maximum Gasteiger partial charge on any atom is 0.303 e. The van der Waals surface area contributed by atoms with E-state index in [2.05, 4.69) is 0 Å². The van der Waals surface area contributed by atoms with Gasteiger partial charge in [0.2, 0.25) is 0 Å². The van der Waals surface area contributed by atoms with Crippen LogP contribution in [0.3, 0.4) is 0 Å². The van der Waals surface area contributed by atoms with Gasteiger partial charge in [0, 0.05) is 18.9 Å². The van der Waals surface area contributed by atoms with Crippen molar-refractivity contribution in [3.63, 3.8) is 0 Å². The van der Waals surface area contributed by atoms with Crippen LogP contribution in [0, 0.1) is 6.92 Å². The van der Waals surface area contributed by atoms with Gasteiger partial charge in [-0.15, -0.1) is 0 Å². The minimum absolute atomic E-state index is 0.00185. The number of carboxylic acids is 1. The van der Waals surface area contributed by atoms with E-state index in [9.17, 15) is 9.90 Å². The Morgan fingerprint density at radius 3 is 2.60 bits per heavy atom. The molecule has 0 aliphatic rings. The minimum atomic E-state index is -0.818. The van der Waals surface area contributed by atoms with Gasteiger partial charge in [0.05, 0.1) is 0 Å². The van der Waals surface area contributed by atoms with Crippen molar-refractivity contribution in [3.8, 4) is 0 Å². The van der Waals surface area contributed by atoms with Gasteiger partial charge in [-0.1, -0.05) is 24.3 Å². The van der Waals surface area contributed by atoms with Crippen molar-refractivity contribution in [2.75, 3.05) is 6.61 Å². The normalized spacial score (nSPS) is 12.4. The molecule has 3 heteroatoms. The zero-order valence-electron chi connectivity index (χ0n) is 8.81. The monoisotopic (exact) mass is 208 g/mol. The van der Waals surface area contributed by atoms with Gasteiger partial charge >= 0.3 is 5.97 Å². The lowest BCUT2D eigenvalue weighted by molar-refractivity contribution is -0.137. The molecule has 0 unspecified atom stereocenters. The Kier molecular flexibility index (Phi) is 4.31. The fraction of sp³-hybridized carbons (Fsp3) is 0.417. The molecule has 2 N–H and O–H groups in total. The number of carbonyl (C=O) groups is 1. The zero-order valence-corrected chi connectivity index (χ0v) is 8.81. The number of aryl methyl sites for hydroxylation is 1. The second-order valence-electron chi connectivity index (χ2n) is 3.67. The molecule has 0 saturated carbocycles. The molecule has 0 amide bonds. The van der Waals surface area contributed by atoms with E-state index in [4.69, 9.17) is 5.11 Å². The Bertz CT molecular complexity index is 333. The van der Waals surface area contributed by atoms with E-state index in [1.807, 2.05) is 31.2 Å². The predicted octanol–water partition coefficient (Wildman–Crippen LogP) is 1.94. The van der Waals surface area contributed by atoms with E-state index < -0.39 is 5.97 Å². The van der Waals surface area contributed by atoms with Crippen LogP contribution >= 0.6 is 0 Å². The molecule has 0 aliphatic heterocycles. The smallest absolute Gasteiger partial charge is 0.303 e. The van der Waals surface area contributed by atoms with Crippen molar-refractivity contribution in [1.29, 1.82) is 0 Å². The maximum absolute atomic E-state index is 10.5. The number of carboxylic acid groups (broad SMARTS) is 1. The zero-order chi connectivity index (χ0) is 11.3. The number of hydrogen-bond acceptors (Lipinski definition) is 2. The molecule has 1 atom stereocenters. The molecule has 0 radical (unpaired) electrons. The molecule has 15 heavy (non-hydrogen) atoms. The molecule has 0 aliphatic carbocycles. The van der Waals surface area contributed by atoms with E-state index in [1.54, 1.807) is 0 Å². The first kappa shape index (κ1) is 11.7. The molecule has 0 fully saturated rings. The minimum Gasteiger partial charge on any atom is -0.481 e. The standard InChI is InChI=1S/C12H16O3/c1-9-4-2-3-5-11(9)10(8-13)6-7-12(14)15/h2-5,10,13H,6-8H2,1H3,(H,14,15)/t10-/m1/s1. The average Bonchev–Trinajstić information content (AvgIpc) is 2.21. The van der Waals surface area contributed by atoms with Gasteiger partial charge in [-0.3, -0.25) is 4.79 Å². The van der Waals surface area contributed by atoms with Crippen molar-refractivity contribution in [3.05, 3.63) is 35.4 Å². The Balaban J connectivity index is 2.74. The third-order valence-electron chi connectivity index (χ3n) is 2.56. The van der Waals surface area contributed by atoms with E-state index in [1.165, 1.54) is 0 Å². The Morgan fingerprint density at radius 2 is 2.07 bits per heavy atom. The summed E-state index contributed by atoms with van der Waals surface area (Å²) in [4.78, 5) is 10.5. The SMILES string of the molecule is Cc1ccccc1[C@@H](CO)CCC(=O)O. The van der Waals surface area contributed by atoms with Crippen molar-refractivity contribution >= 4 is 5.97 Å². The highest BCUT2D eigenvalue weighted by molar-refractivity contribution is 5.66. The van der Waals surface area contributed by atoms with Gasteiger partial charge in [-0.25, -0.2) is 0 Å². The third kappa shape index (κ3) is 3.36. The van der Waals surface area contributed by atoms with Crippen LogP contribution in [0.2, 0.25) is 0 Å². The molecule has 1 aromatic rings. The number of aliphatic carboxylic acids is 1. The van der Waals surface area contributed by atoms with Crippen molar-refractivity contribution < 1.29 is 15.0 Å². The number of aliphatic hydroxyl groups is 1. The fourth-order valence-electron chi connectivity index (χ4n) is 1.69. The second-order valence-corrected chi connectivity index (χ2v) is 3.67. The summed E-state index contributed by atoms with van der Waals surface area (Å²) in [5, 5.41) is 17.8. The fourth-order valence-corrected chi connectivity index (χ4v) is 1.69. The first-order valence-corrected chi connectivity index (χ1v) is 5.03. The van der Waals surface area contributed by atoms with Gasteiger partial charge < -0.3 is 10.2 Å². The van der Waals surface area contributed by atoms with Gasteiger partial charge in [0.15, 0.2) is 0 Å². The van der Waals surface area contributed by atoms with Crippen LogP contribution in [0.1, 0.15) is 29.9 Å². The van der Waals surface area contributed by atoms with E-state index >= 15 is 0 Å². The molecule has 0 saturated heterocycles. The number of hydrogen-bond donors (Lipinski definition) is 2. The lowest BCUT2D eigenvalue weighted by Crippen LogP contribution is -2.08. The van der Waals surface area contributed by atoms with Gasteiger partial charge in [0.25, 0.3) is 0 Å². The summed E-state index contributed by atoms with van der Waals surface area (Å²) in [6.07, 6.45) is 0.580. The quantitative estimate of drug-likeness (QED) is 0.777. The van der Waals surface area contributed by atoms with Crippen LogP contribution in [-0.4, -0.2) is 22.8 Å². The van der Waals surface area contributed by atoms with Crippen molar-refractivity contribution in [2.24, 2.45) is 0 Å². The Labute approximate surface area is 89.4 Å². The van der Waals surface area contributed by atoms with Crippen LogP contribution < -0.4 is 0 Å². The average molecular weight is 208 g/mol. The van der Waals surface area contributed by atoms with Crippen molar-refractivity contribution in [2.45, 2.75) is 25.7 Å². The molecule has 82 valence electrons. The summed E-state index contributed by atoms with van der Waals surface area (Å²) in [5.74, 6) is -0.885. The molecular formula is C12H16O3. The molecule has 3 nitrogen and oxygen atoms in total. The number of rotatable bonds is 5. The second kappa shape index (κ2) is 5.51. The van der Waals surface area contributed by atoms with E-state index in [0.717, 1.165) is 11.1 Å². The Hall–Kier alpha value is -1.35. The van der Waals surface area contributed by atoms with Crippen LogP contribution in [0.25, 0.3) is 0 Å². The summed E-state index contributed by atoms with van der Waals surface area (Å²) in [5.41, 5.74) is 2.14. The summed E-state index contributed by atoms with van der Waals surface area (Å²) in [6.45, 7) is 1.97. The maximum atomic E-state index is 10.5. The first-order chi connectivity index (χ1) is 7.15. The molecule has 1 aromatic carbocycles. The van der Waals surface area contributed by atoms with Gasteiger partial charge in [0.1, 0.15) is 0 Å². The topological polar surface area (TPSA) is 57.5 Å². The Morgan fingerprint density at radius 1 is 1.40 bits per heavy atom. The van der Waals surface area contributed by atoms with E-state index in [0.29, 0.717) is 6.42 Å². The van der Waals surface area contributed by atoms with E-state index in [-0.39, 0.29) is 18.9 Å². The van der Waals surface area contributed by atoms with Gasteiger partial charge in [-0.05, 0) is 24.5 Å². The highest BCUT2D eigenvalue weighted by Gasteiger charge is 2.13. The molecule has 0 heterocycles.